The van der Waals surface area contributed by atoms with Crippen molar-refractivity contribution in [3.63, 3.8) is 0 Å². The first kappa shape index (κ1) is 12.6. The van der Waals surface area contributed by atoms with Crippen molar-refractivity contribution < 1.29 is 14.8 Å². The SMILES string of the molecule is CC(C)Cn1nc([N+](=O)[O-])c(Br)c1C(=O)O. The van der Waals surface area contributed by atoms with Gasteiger partial charge >= 0.3 is 11.8 Å². The number of hydrogen-bond donors (Lipinski definition) is 1. The smallest absolute Gasteiger partial charge is 0.405 e. The van der Waals surface area contributed by atoms with Crippen LogP contribution in [0.4, 0.5) is 5.82 Å². The van der Waals surface area contributed by atoms with Crippen LogP contribution in [-0.4, -0.2) is 25.8 Å². The third-order valence-electron chi connectivity index (χ3n) is 1.79. The summed E-state index contributed by atoms with van der Waals surface area (Å²) >= 11 is 2.89. The second-order valence-electron chi connectivity index (χ2n) is 3.62. The minimum Gasteiger partial charge on any atom is -0.476 e. The summed E-state index contributed by atoms with van der Waals surface area (Å²) in [6.45, 7) is 4.05. The first-order chi connectivity index (χ1) is 7.34. The number of carboxylic acid groups (broad SMARTS) is 1. The minimum atomic E-state index is -1.24. The first-order valence-corrected chi connectivity index (χ1v) is 5.27. The predicted molar refractivity (Wildman–Crippen MR) is 58.4 cm³/mol. The van der Waals surface area contributed by atoms with Crippen LogP contribution in [0, 0.1) is 16.0 Å². The third kappa shape index (κ3) is 2.38. The van der Waals surface area contributed by atoms with Crippen molar-refractivity contribution in [2.75, 3.05) is 0 Å². The summed E-state index contributed by atoms with van der Waals surface area (Å²) in [6, 6.07) is 0. The van der Waals surface area contributed by atoms with Crippen LogP contribution in [0.2, 0.25) is 0 Å². The number of carbonyl (C=O) groups is 1. The van der Waals surface area contributed by atoms with Gasteiger partial charge < -0.3 is 15.2 Å². The highest BCUT2D eigenvalue weighted by Gasteiger charge is 2.30. The molecule has 0 aliphatic heterocycles. The lowest BCUT2D eigenvalue weighted by atomic mass is 10.2. The quantitative estimate of drug-likeness (QED) is 0.675. The van der Waals surface area contributed by atoms with Crippen LogP contribution < -0.4 is 0 Å². The van der Waals surface area contributed by atoms with Gasteiger partial charge in [0.2, 0.25) is 0 Å². The van der Waals surface area contributed by atoms with E-state index in [0.29, 0.717) is 6.54 Å². The van der Waals surface area contributed by atoms with Crippen LogP contribution in [0.15, 0.2) is 4.47 Å². The van der Waals surface area contributed by atoms with E-state index in [4.69, 9.17) is 5.11 Å². The summed E-state index contributed by atoms with van der Waals surface area (Å²) in [5.41, 5.74) is -0.194. The van der Waals surface area contributed by atoms with Gasteiger partial charge in [0.05, 0.1) is 11.6 Å². The van der Waals surface area contributed by atoms with Crippen LogP contribution in [0.3, 0.4) is 0 Å². The van der Waals surface area contributed by atoms with Crippen molar-refractivity contribution in [3.05, 3.63) is 20.3 Å². The van der Waals surface area contributed by atoms with E-state index in [2.05, 4.69) is 21.0 Å². The molecule has 0 saturated carbocycles. The molecule has 0 aliphatic carbocycles. The highest BCUT2D eigenvalue weighted by molar-refractivity contribution is 9.10. The number of nitrogens with zero attached hydrogens (tertiary/aromatic N) is 3. The van der Waals surface area contributed by atoms with Crippen molar-refractivity contribution in [3.8, 4) is 0 Å². The second kappa shape index (κ2) is 4.60. The topological polar surface area (TPSA) is 98.3 Å². The summed E-state index contributed by atoms with van der Waals surface area (Å²) in [5.74, 6) is -1.57. The van der Waals surface area contributed by atoms with E-state index < -0.39 is 16.7 Å². The molecule has 16 heavy (non-hydrogen) atoms. The highest BCUT2D eigenvalue weighted by Crippen LogP contribution is 2.28. The Morgan fingerprint density at radius 2 is 2.25 bits per heavy atom. The van der Waals surface area contributed by atoms with Gasteiger partial charge in [0, 0.05) is 0 Å². The third-order valence-corrected chi connectivity index (χ3v) is 2.52. The van der Waals surface area contributed by atoms with Gasteiger partial charge in [0.1, 0.15) is 0 Å². The van der Waals surface area contributed by atoms with Crippen molar-refractivity contribution in [1.82, 2.24) is 9.78 Å². The van der Waals surface area contributed by atoms with E-state index in [9.17, 15) is 14.9 Å². The molecule has 0 aliphatic rings. The van der Waals surface area contributed by atoms with Gasteiger partial charge in [-0.2, -0.15) is 4.68 Å². The Balaban J connectivity index is 3.31. The molecule has 0 fully saturated rings. The lowest BCUT2D eigenvalue weighted by Gasteiger charge is -2.02. The van der Waals surface area contributed by atoms with E-state index >= 15 is 0 Å². The van der Waals surface area contributed by atoms with Crippen molar-refractivity contribution in [1.29, 1.82) is 0 Å². The Labute approximate surface area is 99.3 Å². The van der Waals surface area contributed by atoms with Gasteiger partial charge in [-0.15, -0.1) is 0 Å². The summed E-state index contributed by atoms with van der Waals surface area (Å²) in [4.78, 5) is 20.8. The number of aromatic carboxylic acids is 1. The molecule has 0 spiro atoms. The van der Waals surface area contributed by atoms with Crippen LogP contribution in [0.1, 0.15) is 24.3 Å². The molecule has 8 heteroatoms. The van der Waals surface area contributed by atoms with Crippen molar-refractivity contribution >= 4 is 27.7 Å². The number of carboxylic acids is 1. The first-order valence-electron chi connectivity index (χ1n) is 4.48. The molecular formula is C8H10BrN3O4. The molecule has 0 amide bonds. The largest absolute Gasteiger partial charge is 0.476 e. The Bertz CT molecular complexity index is 441. The fraction of sp³-hybridized carbons (Fsp3) is 0.500. The average Bonchev–Trinajstić information content (AvgIpc) is 2.41. The molecular weight excluding hydrogens is 282 g/mol. The molecule has 0 radical (unpaired) electrons. The van der Waals surface area contributed by atoms with Crippen LogP contribution >= 0.6 is 15.9 Å². The number of halogens is 1. The molecule has 7 nitrogen and oxygen atoms in total. The van der Waals surface area contributed by atoms with Crippen LogP contribution in [-0.2, 0) is 6.54 Å². The maximum absolute atomic E-state index is 10.9. The summed E-state index contributed by atoms with van der Waals surface area (Å²) in [7, 11) is 0. The van der Waals surface area contributed by atoms with Gasteiger partial charge in [-0.1, -0.05) is 13.8 Å². The molecule has 0 bridgehead atoms. The fourth-order valence-corrected chi connectivity index (χ4v) is 1.82. The number of rotatable bonds is 4. The van der Waals surface area contributed by atoms with Crippen molar-refractivity contribution in [2.45, 2.75) is 20.4 Å². The maximum Gasteiger partial charge on any atom is 0.405 e. The molecule has 0 unspecified atom stereocenters. The Morgan fingerprint density at radius 1 is 1.69 bits per heavy atom. The minimum absolute atomic E-state index is 0.0920. The maximum atomic E-state index is 10.9. The van der Waals surface area contributed by atoms with Gasteiger partial charge in [-0.3, -0.25) is 0 Å². The standard InChI is InChI=1S/C8H10BrN3O4/c1-4(2)3-11-6(8(13)14)5(9)7(10-11)12(15)16/h4H,3H2,1-2H3,(H,13,14). The second-order valence-corrected chi connectivity index (χ2v) is 4.42. The lowest BCUT2D eigenvalue weighted by Crippen LogP contribution is -2.13. The normalized spacial score (nSPS) is 10.8. The molecule has 1 heterocycles. The Hall–Kier alpha value is -1.44. The highest BCUT2D eigenvalue weighted by atomic mass is 79.9. The number of aromatic nitrogens is 2. The zero-order valence-electron chi connectivity index (χ0n) is 8.68. The molecule has 1 aromatic rings. The van der Waals surface area contributed by atoms with Gasteiger partial charge in [0.25, 0.3) is 0 Å². The van der Waals surface area contributed by atoms with Crippen LogP contribution in [0.25, 0.3) is 0 Å². The van der Waals surface area contributed by atoms with E-state index in [-0.39, 0.29) is 16.1 Å². The summed E-state index contributed by atoms with van der Waals surface area (Å²) < 4.78 is 1.04. The van der Waals surface area contributed by atoms with Crippen LogP contribution in [0.5, 0.6) is 0 Å². The molecule has 0 aromatic carbocycles. The van der Waals surface area contributed by atoms with Crippen molar-refractivity contribution in [2.24, 2.45) is 5.92 Å². The van der Waals surface area contributed by atoms with E-state index in [0.717, 1.165) is 4.68 Å². The van der Waals surface area contributed by atoms with Gasteiger partial charge in [-0.05, 0) is 26.8 Å². The zero-order chi connectivity index (χ0) is 12.5. The molecule has 88 valence electrons. The summed E-state index contributed by atoms with van der Waals surface area (Å²) in [6.07, 6.45) is 0. The van der Waals surface area contributed by atoms with E-state index in [1.54, 1.807) is 0 Å². The molecule has 1 aromatic heterocycles. The molecule has 1 rings (SSSR count). The van der Waals surface area contributed by atoms with E-state index in [1.165, 1.54) is 0 Å². The Kier molecular flexibility index (Phi) is 3.63. The molecule has 0 atom stereocenters. The van der Waals surface area contributed by atoms with E-state index in [1.807, 2.05) is 13.8 Å². The summed E-state index contributed by atoms with van der Waals surface area (Å²) in [5, 5.41) is 23.2. The lowest BCUT2D eigenvalue weighted by molar-refractivity contribution is -0.390. The van der Waals surface area contributed by atoms with Gasteiger partial charge in [-0.25, -0.2) is 4.79 Å². The molecule has 0 saturated heterocycles. The predicted octanol–water partition coefficient (Wildman–Crippen LogP) is 1.91. The number of nitro groups is 1. The fourth-order valence-electron chi connectivity index (χ4n) is 1.23. The molecule has 1 N–H and O–H groups in total. The average molecular weight is 292 g/mol. The Morgan fingerprint density at radius 3 is 2.62 bits per heavy atom. The number of hydrogen-bond acceptors (Lipinski definition) is 4. The monoisotopic (exact) mass is 291 g/mol. The van der Waals surface area contributed by atoms with Gasteiger partial charge in [0.15, 0.2) is 10.2 Å². The zero-order valence-corrected chi connectivity index (χ0v) is 10.3.